The molecule has 0 aromatic carbocycles. The average molecular weight is 282 g/mol. The fourth-order valence-corrected chi connectivity index (χ4v) is 3.92. The van der Waals surface area contributed by atoms with E-state index in [1.807, 2.05) is 0 Å². The first-order valence-electron chi connectivity index (χ1n) is 6.48. The van der Waals surface area contributed by atoms with Crippen molar-refractivity contribution in [3.05, 3.63) is 0 Å². The number of hydrogen-bond acceptors (Lipinski definition) is 3. The molecule has 7 heteroatoms. The topological polar surface area (TPSA) is 58.2 Å². The molecule has 1 saturated heterocycles. The first-order chi connectivity index (χ1) is 8.44. The van der Waals surface area contributed by atoms with Crippen LogP contribution >= 0.6 is 0 Å². The maximum Gasteiger partial charge on any atom is 0.350 e. The fourth-order valence-electron chi connectivity index (χ4n) is 3.15. The molecule has 1 heterocycles. The lowest BCUT2D eigenvalue weighted by atomic mass is 9.75. The van der Waals surface area contributed by atoms with Gasteiger partial charge in [-0.25, -0.2) is 13.1 Å². The summed E-state index contributed by atoms with van der Waals surface area (Å²) >= 11 is 0. The fraction of sp³-hybridized carbons (Fsp3) is 1.00. The van der Waals surface area contributed by atoms with Crippen LogP contribution < -0.4 is 10.0 Å². The second-order valence-corrected chi connectivity index (χ2v) is 7.06. The van der Waals surface area contributed by atoms with Crippen LogP contribution in [0.15, 0.2) is 0 Å². The van der Waals surface area contributed by atoms with Gasteiger partial charge >= 0.3 is 5.76 Å². The van der Waals surface area contributed by atoms with Gasteiger partial charge in [0.2, 0.25) is 0 Å². The summed E-state index contributed by atoms with van der Waals surface area (Å²) in [5, 5.41) is 3.46. The van der Waals surface area contributed by atoms with Crippen LogP contribution in [0.4, 0.5) is 8.78 Å². The van der Waals surface area contributed by atoms with E-state index in [1.165, 1.54) is 6.42 Å². The van der Waals surface area contributed by atoms with Crippen molar-refractivity contribution in [3.8, 4) is 0 Å². The van der Waals surface area contributed by atoms with Crippen molar-refractivity contribution in [1.29, 1.82) is 0 Å². The molecular formula is C11H20F2N2O2S. The molecule has 0 radical (unpaired) electrons. The van der Waals surface area contributed by atoms with Gasteiger partial charge in [-0.15, -0.1) is 0 Å². The number of halogens is 2. The minimum atomic E-state index is -4.46. The molecule has 2 rings (SSSR count). The Balaban J connectivity index is 1.98. The molecule has 2 fully saturated rings. The van der Waals surface area contributed by atoms with Crippen molar-refractivity contribution in [2.75, 3.05) is 6.54 Å². The van der Waals surface area contributed by atoms with Crippen molar-refractivity contribution in [1.82, 2.24) is 10.0 Å². The van der Waals surface area contributed by atoms with Crippen LogP contribution in [-0.4, -0.2) is 32.3 Å². The van der Waals surface area contributed by atoms with Crippen molar-refractivity contribution in [2.45, 2.75) is 62.3 Å². The third-order valence-corrected chi connectivity index (χ3v) is 5.14. The van der Waals surface area contributed by atoms with Crippen LogP contribution in [0.5, 0.6) is 0 Å². The van der Waals surface area contributed by atoms with Gasteiger partial charge in [0.1, 0.15) is 0 Å². The third-order valence-electron chi connectivity index (χ3n) is 4.01. The lowest BCUT2D eigenvalue weighted by molar-refractivity contribution is 0.163. The molecule has 1 spiro atoms. The van der Waals surface area contributed by atoms with E-state index in [4.69, 9.17) is 0 Å². The molecule has 4 nitrogen and oxygen atoms in total. The Bertz CT molecular complexity index is 375. The molecule has 0 aromatic heterocycles. The molecule has 0 amide bonds. The van der Waals surface area contributed by atoms with Crippen LogP contribution in [0.2, 0.25) is 0 Å². The summed E-state index contributed by atoms with van der Waals surface area (Å²) in [6.07, 6.45) is 6.69. The summed E-state index contributed by atoms with van der Waals surface area (Å²) in [6, 6.07) is -0.358. The van der Waals surface area contributed by atoms with Crippen LogP contribution in [0.3, 0.4) is 0 Å². The van der Waals surface area contributed by atoms with Crippen molar-refractivity contribution >= 4 is 10.0 Å². The second-order valence-electron chi connectivity index (χ2n) is 5.38. The molecule has 2 N–H and O–H groups in total. The number of piperidine rings is 1. The molecule has 0 aromatic rings. The highest BCUT2D eigenvalue weighted by Crippen LogP contribution is 2.34. The van der Waals surface area contributed by atoms with Gasteiger partial charge in [-0.05, 0) is 32.2 Å². The first-order valence-corrected chi connectivity index (χ1v) is 8.03. The number of hydrogen-bond donors (Lipinski definition) is 2. The van der Waals surface area contributed by atoms with E-state index in [1.54, 1.807) is 0 Å². The summed E-state index contributed by atoms with van der Waals surface area (Å²) < 4.78 is 49.2. The van der Waals surface area contributed by atoms with Gasteiger partial charge in [-0.1, -0.05) is 19.3 Å². The molecule has 2 aliphatic rings. The standard InChI is InChI=1S/C11H20F2N2O2S/c12-10(13)18(16,17)15-9-4-7-14-11(8-9)5-2-1-3-6-11/h9-10,14-15H,1-8H2. The van der Waals surface area contributed by atoms with Gasteiger partial charge in [0, 0.05) is 11.6 Å². The minimum absolute atomic E-state index is 0.0359. The Kier molecular flexibility index (Phi) is 4.23. The Morgan fingerprint density at radius 3 is 2.50 bits per heavy atom. The average Bonchev–Trinajstić information content (AvgIpc) is 2.29. The molecule has 1 aliphatic heterocycles. The Labute approximate surface area is 107 Å². The van der Waals surface area contributed by atoms with Crippen LogP contribution in [0.25, 0.3) is 0 Å². The van der Waals surface area contributed by atoms with Gasteiger partial charge in [-0.3, -0.25) is 0 Å². The molecule has 18 heavy (non-hydrogen) atoms. The van der Waals surface area contributed by atoms with E-state index in [0.717, 1.165) is 25.7 Å². The highest BCUT2D eigenvalue weighted by atomic mass is 32.2. The van der Waals surface area contributed by atoms with Crippen molar-refractivity contribution in [2.24, 2.45) is 0 Å². The quantitative estimate of drug-likeness (QED) is 0.826. The highest BCUT2D eigenvalue weighted by molar-refractivity contribution is 7.89. The normalized spacial score (nSPS) is 28.7. The maximum absolute atomic E-state index is 12.3. The number of rotatable bonds is 3. The molecular weight excluding hydrogens is 262 g/mol. The Morgan fingerprint density at radius 2 is 1.89 bits per heavy atom. The monoisotopic (exact) mass is 282 g/mol. The zero-order chi connectivity index (χ0) is 13.2. The third kappa shape index (κ3) is 3.19. The summed E-state index contributed by atoms with van der Waals surface area (Å²) in [5.41, 5.74) is -0.0359. The van der Waals surface area contributed by atoms with E-state index in [9.17, 15) is 17.2 Å². The summed E-state index contributed by atoms with van der Waals surface area (Å²) in [4.78, 5) is 0. The molecule has 1 unspecified atom stereocenters. The highest BCUT2D eigenvalue weighted by Gasteiger charge is 2.39. The molecule has 106 valence electrons. The molecule has 1 saturated carbocycles. The van der Waals surface area contributed by atoms with E-state index in [2.05, 4.69) is 10.0 Å². The van der Waals surface area contributed by atoms with E-state index < -0.39 is 15.8 Å². The zero-order valence-electron chi connectivity index (χ0n) is 10.3. The summed E-state index contributed by atoms with van der Waals surface area (Å²) in [5.74, 6) is -3.34. The van der Waals surface area contributed by atoms with Crippen molar-refractivity contribution < 1.29 is 17.2 Å². The lowest BCUT2D eigenvalue weighted by Gasteiger charge is -2.44. The molecule has 1 atom stereocenters. The summed E-state index contributed by atoms with van der Waals surface area (Å²) in [6.45, 7) is 0.691. The number of alkyl halides is 2. The predicted octanol–water partition coefficient (Wildman–Crippen LogP) is 1.58. The molecule has 0 bridgehead atoms. The maximum atomic E-state index is 12.3. The Hall–Kier alpha value is -0.270. The van der Waals surface area contributed by atoms with Crippen LogP contribution in [0, 0.1) is 0 Å². The molecule has 1 aliphatic carbocycles. The minimum Gasteiger partial charge on any atom is -0.311 e. The SMILES string of the molecule is O=S(=O)(NC1CCNC2(CCCCC2)C1)C(F)F. The smallest absolute Gasteiger partial charge is 0.311 e. The van der Waals surface area contributed by atoms with Gasteiger partial charge in [-0.2, -0.15) is 8.78 Å². The van der Waals surface area contributed by atoms with Gasteiger partial charge in [0.05, 0.1) is 0 Å². The zero-order valence-corrected chi connectivity index (χ0v) is 11.1. The lowest BCUT2D eigenvalue weighted by Crippen LogP contribution is -2.57. The van der Waals surface area contributed by atoms with E-state index in [0.29, 0.717) is 19.4 Å². The van der Waals surface area contributed by atoms with Gasteiger partial charge in [0.15, 0.2) is 0 Å². The predicted molar refractivity (Wildman–Crippen MR) is 64.9 cm³/mol. The number of nitrogens with one attached hydrogen (secondary N) is 2. The van der Waals surface area contributed by atoms with E-state index in [-0.39, 0.29) is 11.6 Å². The van der Waals surface area contributed by atoms with Crippen molar-refractivity contribution in [3.63, 3.8) is 0 Å². The van der Waals surface area contributed by atoms with E-state index >= 15 is 0 Å². The largest absolute Gasteiger partial charge is 0.350 e. The Morgan fingerprint density at radius 1 is 1.22 bits per heavy atom. The number of sulfonamides is 1. The second kappa shape index (κ2) is 5.38. The summed E-state index contributed by atoms with van der Waals surface area (Å²) in [7, 11) is -4.46. The first kappa shape index (κ1) is 14.1. The van der Waals surface area contributed by atoms with Gasteiger partial charge < -0.3 is 5.32 Å². The van der Waals surface area contributed by atoms with Gasteiger partial charge in [0.25, 0.3) is 10.0 Å². The van der Waals surface area contributed by atoms with Crippen LogP contribution in [0.1, 0.15) is 44.9 Å². The van der Waals surface area contributed by atoms with Crippen LogP contribution in [-0.2, 0) is 10.0 Å².